The monoisotopic (exact) mass is 276 g/mol. The fourth-order valence-corrected chi connectivity index (χ4v) is 3.34. The highest BCUT2D eigenvalue weighted by atomic mass is 32.1. The average Bonchev–Trinajstić information content (AvgIpc) is 2.66. The first-order valence-corrected chi connectivity index (χ1v) is 7.23. The van der Waals surface area contributed by atoms with Crippen LogP contribution in [-0.4, -0.2) is 11.5 Å². The van der Waals surface area contributed by atoms with E-state index in [1.807, 2.05) is 13.0 Å². The molecule has 0 atom stereocenters. The first-order chi connectivity index (χ1) is 8.68. The van der Waals surface area contributed by atoms with Crippen LogP contribution in [0.2, 0.25) is 0 Å². The van der Waals surface area contributed by atoms with Crippen LogP contribution < -0.4 is 11.1 Å². The summed E-state index contributed by atoms with van der Waals surface area (Å²) >= 11 is 5.03. The molecular formula is C16H24N2S. The molecule has 0 saturated heterocycles. The Morgan fingerprint density at radius 1 is 1.26 bits per heavy atom. The molecule has 1 aromatic carbocycles. The molecule has 0 bridgehead atoms. The van der Waals surface area contributed by atoms with Gasteiger partial charge in [-0.1, -0.05) is 39.9 Å². The van der Waals surface area contributed by atoms with Gasteiger partial charge in [0.1, 0.15) is 4.99 Å². The Balaban J connectivity index is 2.02. The fourth-order valence-electron chi connectivity index (χ4n) is 3.11. The smallest absolute Gasteiger partial charge is 0.104 e. The Bertz CT molecular complexity index is 503. The van der Waals surface area contributed by atoms with Gasteiger partial charge in [-0.15, -0.1) is 0 Å². The maximum atomic E-state index is 5.68. The second kappa shape index (κ2) is 4.48. The summed E-state index contributed by atoms with van der Waals surface area (Å²) < 4.78 is 0. The molecule has 2 nitrogen and oxygen atoms in total. The molecule has 0 heterocycles. The summed E-state index contributed by atoms with van der Waals surface area (Å²) in [7, 11) is 0. The minimum absolute atomic E-state index is 0.424. The van der Waals surface area contributed by atoms with E-state index in [1.165, 1.54) is 0 Å². The molecule has 104 valence electrons. The topological polar surface area (TPSA) is 38.0 Å². The zero-order valence-corrected chi connectivity index (χ0v) is 13.3. The summed E-state index contributed by atoms with van der Waals surface area (Å²) in [6, 6.07) is 6.18. The van der Waals surface area contributed by atoms with E-state index in [0.29, 0.717) is 15.8 Å². The second-order valence-electron chi connectivity index (χ2n) is 6.77. The van der Waals surface area contributed by atoms with Gasteiger partial charge in [0, 0.05) is 17.8 Å². The number of nitrogens with two attached hydrogens (primary N) is 1. The Hall–Kier alpha value is -1.09. The number of rotatable bonds is 4. The molecule has 1 saturated carbocycles. The highest BCUT2D eigenvalue weighted by Gasteiger charge is 2.63. The number of benzene rings is 1. The van der Waals surface area contributed by atoms with Gasteiger partial charge in [-0.25, -0.2) is 0 Å². The van der Waals surface area contributed by atoms with Crippen molar-refractivity contribution in [2.75, 3.05) is 11.9 Å². The van der Waals surface area contributed by atoms with Crippen molar-refractivity contribution in [3.05, 3.63) is 29.3 Å². The second-order valence-corrected chi connectivity index (χ2v) is 7.21. The van der Waals surface area contributed by atoms with Crippen LogP contribution in [0.4, 0.5) is 5.69 Å². The quantitative estimate of drug-likeness (QED) is 0.823. The summed E-state index contributed by atoms with van der Waals surface area (Å²) in [6.07, 6.45) is 0. The fraction of sp³-hybridized carbons (Fsp3) is 0.562. The number of hydrogen-bond acceptors (Lipinski definition) is 2. The predicted octanol–water partition coefficient (Wildman–Crippen LogP) is 3.72. The first kappa shape index (κ1) is 14.3. The minimum atomic E-state index is 0.424. The number of thiocarbonyl (C=S) groups is 1. The van der Waals surface area contributed by atoms with Crippen LogP contribution in [0.25, 0.3) is 0 Å². The molecule has 3 N–H and O–H groups in total. The van der Waals surface area contributed by atoms with Crippen molar-refractivity contribution in [1.82, 2.24) is 0 Å². The van der Waals surface area contributed by atoms with Crippen molar-refractivity contribution in [2.45, 2.75) is 34.6 Å². The zero-order valence-electron chi connectivity index (χ0n) is 12.5. The van der Waals surface area contributed by atoms with E-state index in [0.717, 1.165) is 29.3 Å². The molecule has 0 amide bonds. The predicted molar refractivity (Wildman–Crippen MR) is 86.6 cm³/mol. The third kappa shape index (κ3) is 2.36. The Morgan fingerprint density at radius 2 is 1.84 bits per heavy atom. The van der Waals surface area contributed by atoms with Crippen molar-refractivity contribution >= 4 is 22.9 Å². The third-order valence-electron chi connectivity index (χ3n) is 5.32. The maximum absolute atomic E-state index is 5.68. The molecule has 3 heteroatoms. The zero-order chi connectivity index (χ0) is 14.4. The van der Waals surface area contributed by atoms with Crippen molar-refractivity contribution in [3.8, 4) is 0 Å². The molecule has 0 aromatic heterocycles. The lowest BCUT2D eigenvalue weighted by atomic mass is 10.0. The summed E-state index contributed by atoms with van der Waals surface area (Å²) in [5.74, 6) is 0.718. The minimum Gasteiger partial charge on any atom is -0.389 e. The lowest BCUT2D eigenvalue weighted by Gasteiger charge is -2.10. The highest BCUT2D eigenvalue weighted by Crippen LogP contribution is 2.68. The van der Waals surface area contributed by atoms with E-state index in [4.69, 9.17) is 18.0 Å². The van der Waals surface area contributed by atoms with Crippen LogP contribution in [0.5, 0.6) is 0 Å². The number of anilines is 1. The average molecular weight is 276 g/mol. The van der Waals surface area contributed by atoms with E-state index >= 15 is 0 Å². The maximum Gasteiger partial charge on any atom is 0.104 e. The van der Waals surface area contributed by atoms with Crippen LogP contribution in [0.1, 0.15) is 38.8 Å². The van der Waals surface area contributed by atoms with Crippen LogP contribution in [-0.2, 0) is 0 Å². The summed E-state index contributed by atoms with van der Waals surface area (Å²) in [5, 5.41) is 3.54. The van der Waals surface area contributed by atoms with E-state index in [9.17, 15) is 0 Å². The van der Waals surface area contributed by atoms with Gasteiger partial charge in [-0.3, -0.25) is 0 Å². The van der Waals surface area contributed by atoms with Crippen molar-refractivity contribution in [2.24, 2.45) is 22.5 Å². The van der Waals surface area contributed by atoms with Gasteiger partial charge in [-0.05, 0) is 47.4 Å². The number of hydrogen-bond donors (Lipinski definition) is 2. The van der Waals surface area contributed by atoms with Gasteiger partial charge in [0.25, 0.3) is 0 Å². The van der Waals surface area contributed by atoms with Gasteiger partial charge in [0.15, 0.2) is 0 Å². The molecule has 19 heavy (non-hydrogen) atoms. The van der Waals surface area contributed by atoms with E-state index in [1.54, 1.807) is 0 Å². The molecule has 0 aliphatic heterocycles. The third-order valence-corrected chi connectivity index (χ3v) is 5.54. The van der Waals surface area contributed by atoms with E-state index < -0.39 is 0 Å². The number of aryl methyl sites for hydroxylation is 1. The van der Waals surface area contributed by atoms with E-state index in [2.05, 4.69) is 45.1 Å². The lowest BCUT2D eigenvalue weighted by Crippen LogP contribution is -2.12. The molecule has 1 aromatic rings. The first-order valence-electron chi connectivity index (χ1n) is 6.82. The SMILES string of the molecule is Cc1cc(NCC2C(C)(C)C2(C)C)ccc1C(N)=S. The molecule has 1 aliphatic carbocycles. The Labute approximate surface area is 121 Å². The van der Waals surface area contributed by atoms with Crippen LogP contribution in [0.3, 0.4) is 0 Å². The van der Waals surface area contributed by atoms with Gasteiger partial charge in [0.05, 0.1) is 0 Å². The highest BCUT2D eigenvalue weighted by molar-refractivity contribution is 7.80. The van der Waals surface area contributed by atoms with Crippen LogP contribution in [0.15, 0.2) is 18.2 Å². The van der Waals surface area contributed by atoms with E-state index in [-0.39, 0.29) is 0 Å². The number of nitrogens with one attached hydrogen (secondary N) is 1. The van der Waals surface area contributed by atoms with Gasteiger partial charge in [0.2, 0.25) is 0 Å². The summed E-state index contributed by atoms with van der Waals surface area (Å²) in [5.41, 5.74) is 9.77. The molecule has 0 unspecified atom stereocenters. The van der Waals surface area contributed by atoms with Crippen LogP contribution in [0, 0.1) is 23.7 Å². The molecule has 0 spiro atoms. The molecular weight excluding hydrogens is 252 g/mol. The Kier molecular flexibility index (Phi) is 3.38. The van der Waals surface area contributed by atoms with Gasteiger partial charge >= 0.3 is 0 Å². The van der Waals surface area contributed by atoms with Crippen molar-refractivity contribution in [3.63, 3.8) is 0 Å². The summed E-state index contributed by atoms with van der Waals surface area (Å²) in [6.45, 7) is 12.5. The van der Waals surface area contributed by atoms with Gasteiger partial charge < -0.3 is 11.1 Å². The standard InChI is InChI=1S/C16H24N2S/c1-10-8-11(6-7-12(10)14(17)19)18-9-13-15(2,3)16(13,4)5/h6-8,13,18H,9H2,1-5H3,(H2,17,19). The normalized spacial score (nSPS) is 20.1. The van der Waals surface area contributed by atoms with Crippen molar-refractivity contribution < 1.29 is 0 Å². The van der Waals surface area contributed by atoms with Crippen LogP contribution >= 0.6 is 12.2 Å². The molecule has 0 radical (unpaired) electrons. The molecule has 1 fully saturated rings. The molecule has 1 aliphatic rings. The van der Waals surface area contributed by atoms with Crippen molar-refractivity contribution in [1.29, 1.82) is 0 Å². The molecule has 2 rings (SSSR count). The largest absolute Gasteiger partial charge is 0.389 e. The lowest BCUT2D eigenvalue weighted by molar-refractivity contribution is 0.457. The van der Waals surface area contributed by atoms with Gasteiger partial charge in [-0.2, -0.15) is 0 Å². The Morgan fingerprint density at radius 3 is 2.26 bits per heavy atom. The summed E-state index contributed by atoms with van der Waals surface area (Å²) in [4.78, 5) is 0.466.